The molecule has 0 bridgehead atoms. The molecule has 3 rings (SSSR count). The molecule has 0 fully saturated rings. The number of hydrogen-bond acceptors (Lipinski definition) is 4. The van der Waals surface area contributed by atoms with Gasteiger partial charge in [-0.25, -0.2) is 0 Å². The molecular weight excluding hydrogens is 338 g/mol. The first-order chi connectivity index (χ1) is 13.1. The van der Waals surface area contributed by atoms with Gasteiger partial charge in [0.2, 0.25) is 0 Å². The first kappa shape index (κ1) is 18.6. The van der Waals surface area contributed by atoms with E-state index < -0.39 is 0 Å². The lowest BCUT2D eigenvalue weighted by Gasteiger charge is -2.20. The summed E-state index contributed by atoms with van der Waals surface area (Å²) in [7, 11) is 5.03. The fraction of sp³-hybridized carbons (Fsp3) is 0.217. The molecule has 0 amide bonds. The number of rotatable bonds is 7. The van der Waals surface area contributed by atoms with Crippen LogP contribution in [-0.4, -0.2) is 21.3 Å². The zero-order chi connectivity index (χ0) is 19.2. The van der Waals surface area contributed by atoms with Crippen molar-refractivity contribution in [3.63, 3.8) is 0 Å². The molecular formula is C23H25NO3. The van der Waals surface area contributed by atoms with E-state index in [0.29, 0.717) is 0 Å². The van der Waals surface area contributed by atoms with Crippen LogP contribution in [0.1, 0.15) is 24.0 Å². The Hall–Kier alpha value is -3.14. The molecule has 3 aromatic rings. The average Bonchev–Trinajstić information content (AvgIpc) is 2.74. The minimum Gasteiger partial charge on any atom is -0.497 e. The van der Waals surface area contributed by atoms with Gasteiger partial charge in [0.05, 0.1) is 21.3 Å². The fourth-order valence-corrected chi connectivity index (χ4v) is 3.04. The standard InChI is InChI=1S/C23H25NO3/c1-16(17-5-9-19(25-2)10-6-17)22-15-21(27-4)13-14-23(22)24-18-7-11-20(26-3)12-8-18/h5-16,24H,1-4H3. The molecule has 0 saturated carbocycles. The Morgan fingerprint density at radius 1 is 0.667 bits per heavy atom. The van der Waals surface area contributed by atoms with Crippen LogP contribution in [-0.2, 0) is 0 Å². The van der Waals surface area contributed by atoms with Gasteiger partial charge in [0, 0.05) is 17.3 Å². The highest BCUT2D eigenvalue weighted by Crippen LogP contribution is 2.35. The Morgan fingerprint density at radius 3 is 1.74 bits per heavy atom. The van der Waals surface area contributed by atoms with Crippen molar-refractivity contribution >= 4 is 11.4 Å². The van der Waals surface area contributed by atoms with E-state index in [1.165, 1.54) is 5.56 Å². The smallest absolute Gasteiger partial charge is 0.119 e. The summed E-state index contributed by atoms with van der Waals surface area (Å²) in [5, 5.41) is 3.51. The Labute approximate surface area is 160 Å². The third kappa shape index (κ3) is 4.34. The quantitative estimate of drug-likeness (QED) is 0.592. The molecule has 4 heteroatoms. The van der Waals surface area contributed by atoms with Crippen LogP contribution in [0.5, 0.6) is 17.2 Å². The Bertz CT molecular complexity index is 873. The fourth-order valence-electron chi connectivity index (χ4n) is 3.04. The van der Waals surface area contributed by atoms with E-state index >= 15 is 0 Å². The van der Waals surface area contributed by atoms with E-state index in [1.807, 2.05) is 42.5 Å². The second-order valence-electron chi connectivity index (χ2n) is 6.30. The number of methoxy groups -OCH3 is 3. The Morgan fingerprint density at radius 2 is 1.19 bits per heavy atom. The van der Waals surface area contributed by atoms with E-state index in [9.17, 15) is 0 Å². The maximum absolute atomic E-state index is 5.45. The lowest BCUT2D eigenvalue weighted by molar-refractivity contribution is 0.414. The van der Waals surface area contributed by atoms with E-state index in [2.05, 4.69) is 36.5 Å². The van der Waals surface area contributed by atoms with Gasteiger partial charge in [0.15, 0.2) is 0 Å². The van der Waals surface area contributed by atoms with Crippen LogP contribution in [0.25, 0.3) is 0 Å². The van der Waals surface area contributed by atoms with Gasteiger partial charge in [-0.3, -0.25) is 0 Å². The van der Waals surface area contributed by atoms with Gasteiger partial charge in [-0.05, 0) is 65.7 Å². The van der Waals surface area contributed by atoms with Crippen molar-refractivity contribution in [2.75, 3.05) is 26.6 Å². The van der Waals surface area contributed by atoms with Gasteiger partial charge >= 0.3 is 0 Å². The minimum absolute atomic E-state index is 0.187. The monoisotopic (exact) mass is 363 g/mol. The third-order valence-electron chi connectivity index (χ3n) is 4.71. The van der Waals surface area contributed by atoms with Crippen LogP contribution < -0.4 is 19.5 Å². The molecule has 0 aliphatic rings. The van der Waals surface area contributed by atoms with Gasteiger partial charge in [0.1, 0.15) is 17.2 Å². The van der Waals surface area contributed by atoms with Gasteiger partial charge in [-0.2, -0.15) is 0 Å². The number of benzene rings is 3. The second-order valence-corrected chi connectivity index (χ2v) is 6.30. The van der Waals surface area contributed by atoms with Gasteiger partial charge < -0.3 is 19.5 Å². The van der Waals surface area contributed by atoms with E-state index in [4.69, 9.17) is 14.2 Å². The van der Waals surface area contributed by atoms with Crippen molar-refractivity contribution < 1.29 is 14.2 Å². The summed E-state index contributed by atoms with van der Waals surface area (Å²) in [6.45, 7) is 2.19. The van der Waals surface area contributed by atoms with Crippen molar-refractivity contribution in [2.45, 2.75) is 12.8 Å². The summed E-state index contributed by atoms with van der Waals surface area (Å²) < 4.78 is 16.0. The van der Waals surface area contributed by atoms with Crippen LogP contribution in [0.4, 0.5) is 11.4 Å². The number of nitrogens with one attached hydrogen (secondary N) is 1. The first-order valence-electron chi connectivity index (χ1n) is 8.87. The van der Waals surface area contributed by atoms with Crippen molar-refractivity contribution in [3.8, 4) is 17.2 Å². The molecule has 0 radical (unpaired) electrons. The summed E-state index contributed by atoms with van der Waals surface area (Å²) >= 11 is 0. The highest BCUT2D eigenvalue weighted by molar-refractivity contribution is 5.66. The molecule has 3 aromatic carbocycles. The highest BCUT2D eigenvalue weighted by atomic mass is 16.5. The average molecular weight is 363 g/mol. The molecule has 0 aliphatic heterocycles. The molecule has 0 spiro atoms. The predicted octanol–water partition coefficient (Wildman–Crippen LogP) is 5.61. The summed E-state index contributed by atoms with van der Waals surface area (Å²) in [4.78, 5) is 0. The van der Waals surface area contributed by atoms with Crippen molar-refractivity contribution in [1.82, 2.24) is 0 Å². The van der Waals surface area contributed by atoms with Crippen molar-refractivity contribution in [1.29, 1.82) is 0 Å². The molecule has 27 heavy (non-hydrogen) atoms. The van der Waals surface area contributed by atoms with E-state index in [1.54, 1.807) is 21.3 Å². The SMILES string of the molecule is COc1ccc(Nc2ccc(OC)cc2C(C)c2ccc(OC)cc2)cc1. The van der Waals surface area contributed by atoms with Crippen LogP contribution in [0.3, 0.4) is 0 Å². The summed E-state index contributed by atoms with van der Waals surface area (Å²) in [5.41, 5.74) is 4.42. The zero-order valence-corrected chi connectivity index (χ0v) is 16.2. The lowest BCUT2D eigenvalue weighted by atomic mass is 9.91. The third-order valence-corrected chi connectivity index (χ3v) is 4.71. The predicted molar refractivity (Wildman–Crippen MR) is 110 cm³/mol. The summed E-state index contributed by atoms with van der Waals surface area (Å²) in [6.07, 6.45) is 0. The molecule has 0 aliphatic carbocycles. The molecule has 0 saturated heterocycles. The normalized spacial score (nSPS) is 11.6. The summed E-state index contributed by atoms with van der Waals surface area (Å²) in [6, 6.07) is 22.2. The largest absolute Gasteiger partial charge is 0.497 e. The number of hydrogen-bond donors (Lipinski definition) is 1. The van der Waals surface area contributed by atoms with Gasteiger partial charge in [-0.15, -0.1) is 0 Å². The lowest BCUT2D eigenvalue weighted by Crippen LogP contribution is -2.02. The van der Waals surface area contributed by atoms with E-state index in [-0.39, 0.29) is 5.92 Å². The topological polar surface area (TPSA) is 39.7 Å². The first-order valence-corrected chi connectivity index (χ1v) is 8.87. The Kier molecular flexibility index (Phi) is 5.87. The molecule has 4 nitrogen and oxygen atoms in total. The molecule has 1 unspecified atom stereocenters. The van der Waals surface area contributed by atoms with Gasteiger partial charge in [0.25, 0.3) is 0 Å². The van der Waals surface area contributed by atoms with Crippen LogP contribution in [0.2, 0.25) is 0 Å². The van der Waals surface area contributed by atoms with E-state index in [0.717, 1.165) is 34.2 Å². The van der Waals surface area contributed by atoms with Crippen LogP contribution in [0.15, 0.2) is 66.7 Å². The van der Waals surface area contributed by atoms with Crippen LogP contribution in [0, 0.1) is 0 Å². The highest BCUT2D eigenvalue weighted by Gasteiger charge is 2.15. The zero-order valence-electron chi connectivity index (χ0n) is 16.2. The van der Waals surface area contributed by atoms with Gasteiger partial charge in [-0.1, -0.05) is 19.1 Å². The van der Waals surface area contributed by atoms with Crippen LogP contribution >= 0.6 is 0 Å². The number of anilines is 2. The summed E-state index contributed by atoms with van der Waals surface area (Å²) in [5.74, 6) is 2.72. The maximum Gasteiger partial charge on any atom is 0.119 e. The molecule has 140 valence electrons. The maximum atomic E-state index is 5.45. The second kappa shape index (κ2) is 8.49. The molecule has 0 heterocycles. The molecule has 0 aromatic heterocycles. The van der Waals surface area contributed by atoms with Crippen molar-refractivity contribution in [3.05, 3.63) is 77.9 Å². The number of ether oxygens (including phenoxy) is 3. The Balaban J connectivity index is 1.93. The minimum atomic E-state index is 0.187. The molecule has 1 atom stereocenters. The molecule has 1 N–H and O–H groups in total. The van der Waals surface area contributed by atoms with Crippen molar-refractivity contribution in [2.24, 2.45) is 0 Å².